The van der Waals surface area contributed by atoms with Crippen LogP contribution in [0.2, 0.25) is 0 Å². The summed E-state index contributed by atoms with van der Waals surface area (Å²) < 4.78 is 11.9. The average molecular weight is 494 g/mol. The van der Waals surface area contributed by atoms with E-state index < -0.39 is 0 Å². The highest BCUT2D eigenvalue weighted by atomic mass is 16.5. The van der Waals surface area contributed by atoms with Crippen molar-refractivity contribution in [3.63, 3.8) is 0 Å². The lowest BCUT2D eigenvalue weighted by Crippen LogP contribution is -2.26. The molecule has 0 fully saturated rings. The van der Waals surface area contributed by atoms with Crippen LogP contribution >= 0.6 is 0 Å². The minimum absolute atomic E-state index is 0.330. The Balaban J connectivity index is 1.71. The quantitative estimate of drug-likeness (QED) is 0.193. The standard InChI is InChI=1S/C33H35NO3/c1-4-6-20-34(21-7-5-2)30-18-17-26(25-14-10-11-15-27(25)33(35)36-3)29-22-28-24-13-9-8-12-23(24)16-19-31(28)37-32(29)30/h8-19H,4-7,20-22H2,1-3H3. The summed E-state index contributed by atoms with van der Waals surface area (Å²) in [6, 6.07) is 24.8. The lowest BCUT2D eigenvalue weighted by Gasteiger charge is -2.32. The van der Waals surface area contributed by atoms with Gasteiger partial charge in [0, 0.05) is 30.6 Å². The van der Waals surface area contributed by atoms with Gasteiger partial charge in [0.05, 0.1) is 18.4 Å². The molecule has 37 heavy (non-hydrogen) atoms. The van der Waals surface area contributed by atoms with Crippen molar-refractivity contribution < 1.29 is 14.3 Å². The minimum Gasteiger partial charge on any atom is -0.465 e. The third-order valence-corrected chi connectivity index (χ3v) is 7.33. The zero-order valence-corrected chi connectivity index (χ0v) is 22.0. The van der Waals surface area contributed by atoms with Crippen molar-refractivity contribution in [2.24, 2.45) is 0 Å². The molecule has 0 atom stereocenters. The molecule has 0 unspecified atom stereocenters. The molecular weight excluding hydrogens is 458 g/mol. The van der Waals surface area contributed by atoms with E-state index in [1.165, 1.54) is 23.4 Å². The molecule has 1 aliphatic heterocycles. The number of hydrogen-bond acceptors (Lipinski definition) is 4. The first-order valence-corrected chi connectivity index (χ1v) is 13.4. The second-order valence-corrected chi connectivity index (χ2v) is 9.71. The number of benzene rings is 4. The van der Waals surface area contributed by atoms with Crippen molar-refractivity contribution >= 4 is 22.4 Å². The predicted molar refractivity (Wildman–Crippen MR) is 152 cm³/mol. The molecule has 4 aromatic rings. The number of carbonyl (C=O) groups excluding carboxylic acids is 1. The molecule has 4 aromatic carbocycles. The van der Waals surface area contributed by atoms with Gasteiger partial charge in [-0.15, -0.1) is 0 Å². The molecule has 0 spiro atoms. The Morgan fingerprint density at radius 1 is 0.838 bits per heavy atom. The number of rotatable bonds is 9. The monoisotopic (exact) mass is 493 g/mol. The third-order valence-electron chi connectivity index (χ3n) is 7.33. The lowest BCUT2D eigenvalue weighted by molar-refractivity contribution is 0.0601. The maximum absolute atomic E-state index is 12.7. The van der Waals surface area contributed by atoms with Crippen LogP contribution in [-0.2, 0) is 11.2 Å². The van der Waals surface area contributed by atoms with Gasteiger partial charge in [-0.3, -0.25) is 0 Å². The van der Waals surface area contributed by atoms with Gasteiger partial charge in [0.15, 0.2) is 5.75 Å². The summed E-state index contributed by atoms with van der Waals surface area (Å²) in [7, 11) is 1.43. The molecule has 0 saturated heterocycles. The number of anilines is 1. The Hall–Kier alpha value is -3.79. The van der Waals surface area contributed by atoms with Crippen LogP contribution in [0, 0.1) is 0 Å². The Kier molecular flexibility index (Phi) is 7.45. The van der Waals surface area contributed by atoms with Gasteiger partial charge < -0.3 is 14.4 Å². The minimum atomic E-state index is -0.330. The van der Waals surface area contributed by atoms with Gasteiger partial charge in [0.2, 0.25) is 0 Å². The number of methoxy groups -OCH3 is 1. The van der Waals surface area contributed by atoms with Gasteiger partial charge in [0.1, 0.15) is 5.75 Å². The molecule has 0 amide bonds. The number of ether oxygens (including phenoxy) is 2. The SMILES string of the molecule is CCCCN(CCCC)c1ccc(-c2ccccc2C(=O)OC)c2c1Oc1ccc3ccccc3c1C2. The molecule has 0 saturated carbocycles. The molecule has 0 bridgehead atoms. The van der Waals surface area contributed by atoms with E-state index >= 15 is 0 Å². The molecule has 0 radical (unpaired) electrons. The van der Waals surface area contributed by atoms with Gasteiger partial charge in [-0.05, 0) is 52.9 Å². The number of hydrogen-bond donors (Lipinski definition) is 0. The molecule has 0 aliphatic carbocycles. The van der Waals surface area contributed by atoms with E-state index in [4.69, 9.17) is 9.47 Å². The van der Waals surface area contributed by atoms with Crippen LogP contribution in [0.1, 0.15) is 61.0 Å². The number of fused-ring (bicyclic) bond motifs is 4. The molecular formula is C33H35NO3. The first-order valence-electron chi connectivity index (χ1n) is 13.4. The molecule has 1 aliphatic rings. The summed E-state index contributed by atoms with van der Waals surface area (Å²) in [5.74, 6) is 1.49. The fourth-order valence-corrected chi connectivity index (χ4v) is 5.34. The molecule has 4 heteroatoms. The van der Waals surface area contributed by atoms with Crippen LogP contribution in [0.25, 0.3) is 21.9 Å². The van der Waals surface area contributed by atoms with Crippen LogP contribution in [0.4, 0.5) is 5.69 Å². The Labute approximate surface area is 219 Å². The average Bonchev–Trinajstić information content (AvgIpc) is 2.95. The van der Waals surface area contributed by atoms with E-state index in [-0.39, 0.29) is 5.97 Å². The van der Waals surface area contributed by atoms with E-state index in [2.05, 4.69) is 67.3 Å². The van der Waals surface area contributed by atoms with Crippen molar-refractivity contribution in [3.8, 4) is 22.6 Å². The molecule has 190 valence electrons. The Morgan fingerprint density at radius 2 is 1.57 bits per heavy atom. The third kappa shape index (κ3) is 4.81. The second-order valence-electron chi connectivity index (χ2n) is 9.71. The highest BCUT2D eigenvalue weighted by Gasteiger charge is 2.28. The highest BCUT2D eigenvalue weighted by molar-refractivity contribution is 5.99. The predicted octanol–water partition coefficient (Wildman–Crippen LogP) is 8.40. The molecule has 1 heterocycles. The van der Waals surface area contributed by atoms with E-state index in [1.807, 2.05) is 24.3 Å². The van der Waals surface area contributed by atoms with E-state index in [1.54, 1.807) is 0 Å². The first-order chi connectivity index (χ1) is 18.2. The summed E-state index contributed by atoms with van der Waals surface area (Å²) in [5.41, 5.74) is 5.90. The largest absolute Gasteiger partial charge is 0.465 e. The van der Waals surface area contributed by atoms with Crippen molar-refractivity contribution in [1.29, 1.82) is 0 Å². The normalized spacial score (nSPS) is 12.0. The fourth-order valence-electron chi connectivity index (χ4n) is 5.34. The number of esters is 1. The topological polar surface area (TPSA) is 38.8 Å². The van der Waals surface area contributed by atoms with E-state index in [0.29, 0.717) is 5.56 Å². The van der Waals surface area contributed by atoms with Gasteiger partial charge in [-0.1, -0.05) is 81.3 Å². The summed E-state index contributed by atoms with van der Waals surface area (Å²) in [4.78, 5) is 15.2. The van der Waals surface area contributed by atoms with Crippen molar-refractivity contribution in [1.82, 2.24) is 0 Å². The maximum atomic E-state index is 12.7. The Morgan fingerprint density at radius 3 is 2.32 bits per heavy atom. The van der Waals surface area contributed by atoms with Crippen molar-refractivity contribution in [3.05, 3.63) is 89.5 Å². The van der Waals surface area contributed by atoms with E-state index in [0.717, 1.165) is 79.1 Å². The van der Waals surface area contributed by atoms with E-state index in [9.17, 15) is 4.79 Å². The zero-order chi connectivity index (χ0) is 25.8. The molecule has 0 aromatic heterocycles. The van der Waals surface area contributed by atoms with Crippen molar-refractivity contribution in [2.75, 3.05) is 25.1 Å². The van der Waals surface area contributed by atoms with Gasteiger partial charge in [-0.2, -0.15) is 0 Å². The van der Waals surface area contributed by atoms with Gasteiger partial charge in [-0.25, -0.2) is 4.79 Å². The van der Waals surface area contributed by atoms with Crippen LogP contribution in [0.15, 0.2) is 72.8 Å². The fraction of sp³-hybridized carbons (Fsp3) is 0.303. The van der Waals surface area contributed by atoms with Crippen molar-refractivity contribution in [2.45, 2.75) is 46.0 Å². The summed E-state index contributed by atoms with van der Waals surface area (Å²) in [5, 5.41) is 2.41. The van der Waals surface area contributed by atoms with Gasteiger partial charge >= 0.3 is 5.97 Å². The zero-order valence-electron chi connectivity index (χ0n) is 22.0. The molecule has 4 nitrogen and oxygen atoms in total. The highest BCUT2D eigenvalue weighted by Crippen LogP contribution is 2.49. The number of unbranched alkanes of at least 4 members (excludes halogenated alkanes) is 2. The molecule has 5 rings (SSSR count). The lowest BCUT2D eigenvalue weighted by atomic mass is 9.87. The first kappa shape index (κ1) is 24.9. The van der Waals surface area contributed by atoms with Gasteiger partial charge in [0.25, 0.3) is 0 Å². The number of nitrogens with zero attached hydrogens (tertiary/aromatic N) is 1. The summed E-state index contributed by atoms with van der Waals surface area (Å²) in [6.07, 6.45) is 5.29. The maximum Gasteiger partial charge on any atom is 0.338 e. The molecule has 0 N–H and O–H groups in total. The summed E-state index contributed by atoms with van der Waals surface area (Å²) in [6.45, 7) is 6.46. The van der Waals surface area contributed by atoms with Crippen LogP contribution in [-0.4, -0.2) is 26.2 Å². The second kappa shape index (κ2) is 11.1. The smallest absolute Gasteiger partial charge is 0.338 e. The summed E-state index contributed by atoms with van der Waals surface area (Å²) >= 11 is 0. The Bertz CT molecular complexity index is 1420. The van der Waals surface area contributed by atoms with Crippen LogP contribution in [0.3, 0.4) is 0 Å². The number of carbonyl (C=O) groups is 1. The van der Waals surface area contributed by atoms with Crippen LogP contribution in [0.5, 0.6) is 11.5 Å². The van der Waals surface area contributed by atoms with Crippen LogP contribution < -0.4 is 9.64 Å².